The zero-order chi connectivity index (χ0) is 19.1. The lowest BCUT2D eigenvalue weighted by Crippen LogP contribution is -2.41. The summed E-state index contributed by atoms with van der Waals surface area (Å²) in [6, 6.07) is 7.89. The van der Waals surface area contributed by atoms with Crippen molar-refractivity contribution in [2.24, 2.45) is 5.92 Å². The number of likely N-dealkylation sites (tertiary alicyclic amines) is 1. The molecule has 0 radical (unpaired) electrons. The number of nitriles is 1. The van der Waals surface area contributed by atoms with Gasteiger partial charge in [0, 0.05) is 25.0 Å². The molecular formula is C20H25N3O3. The summed E-state index contributed by atoms with van der Waals surface area (Å²) in [5, 5.41) is 12.4. The van der Waals surface area contributed by atoms with Crippen molar-refractivity contribution >= 4 is 17.6 Å². The Balaban J connectivity index is 1.98. The Morgan fingerprint density at radius 2 is 2.04 bits per heavy atom. The third kappa shape index (κ3) is 4.85. The first-order valence-corrected chi connectivity index (χ1v) is 8.86. The number of nitrogens with one attached hydrogen (secondary N) is 1. The summed E-state index contributed by atoms with van der Waals surface area (Å²) in [5.74, 6) is -0.680. The number of carbonyl (C=O) groups is 2. The molecule has 1 heterocycles. The molecule has 1 aromatic rings. The molecule has 0 bridgehead atoms. The molecule has 0 aliphatic carbocycles. The SMILES string of the molecule is CCOC(=O)C1CCN(C(=O)/C(C#N)=C\Nc2ccc(C)cc2C)CC1. The highest BCUT2D eigenvalue weighted by Gasteiger charge is 2.29. The number of hydrogen-bond donors (Lipinski definition) is 1. The van der Waals surface area contributed by atoms with E-state index in [2.05, 4.69) is 5.32 Å². The Labute approximate surface area is 154 Å². The highest BCUT2D eigenvalue weighted by molar-refractivity contribution is 5.97. The summed E-state index contributed by atoms with van der Waals surface area (Å²) in [7, 11) is 0. The first kappa shape index (κ1) is 19.5. The number of benzene rings is 1. The average Bonchev–Trinajstić information content (AvgIpc) is 2.64. The van der Waals surface area contributed by atoms with E-state index >= 15 is 0 Å². The van der Waals surface area contributed by atoms with Crippen LogP contribution in [0, 0.1) is 31.1 Å². The minimum atomic E-state index is -0.313. The largest absolute Gasteiger partial charge is 0.466 e. The van der Waals surface area contributed by atoms with Gasteiger partial charge in [0.25, 0.3) is 5.91 Å². The number of amides is 1. The fourth-order valence-corrected chi connectivity index (χ4v) is 3.02. The van der Waals surface area contributed by atoms with Crippen molar-refractivity contribution in [3.63, 3.8) is 0 Å². The summed E-state index contributed by atoms with van der Waals surface area (Å²) in [5.41, 5.74) is 3.11. The average molecular weight is 355 g/mol. The van der Waals surface area contributed by atoms with Crippen molar-refractivity contribution in [1.82, 2.24) is 4.90 Å². The zero-order valence-electron chi connectivity index (χ0n) is 15.5. The molecule has 1 aliphatic rings. The number of rotatable bonds is 5. The van der Waals surface area contributed by atoms with Gasteiger partial charge in [-0.05, 0) is 45.2 Å². The second kappa shape index (κ2) is 9.04. The molecule has 138 valence electrons. The maximum absolute atomic E-state index is 12.6. The highest BCUT2D eigenvalue weighted by atomic mass is 16.5. The van der Waals surface area contributed by atoms with Gasteiger partial charge < -0.3 is 15.0 Å². The van der Waals surface area contributed by atoms with Gasteiger partial charge in [-0.2, -0.15) is 5.26 Å². The molecular weight excluding hydrogens is 330 g/mol. The molecule has 6 heteroatoms. The molecule has 1 fully saturated rings. The van der Waals surface area contributed by atoms with Crippen LogP contribution in [0.15, 0.2) is 30.0 Å². The van der Waals surface area contributed by atoms with Gasteiger partial charge >= 0.3 is 5.97 Å². The van der Waals surface area contributed by atoms with Crippen LogP contribution in [0.3, 0.4) is 0 Å². The predicted octanol–water partition coefficient (Wildman–Crippen LogP) is 2.92. The minimum absolute atomic E-state index is 0.0551. The lowest BCUT2D eigenvalue weighted by Gasteiger charge is -2.30. The number of carbonyl (C=O) groups excluding carboxylic acids is 2. The molecule has 0 spiro atoms. The monoisotopic (exact) mass is 355 g/mol. The number of anilines is 1. The fourth-order valence-electron chi connectivity index (χ4n) is 3.02. The molecule has 2 rings (SSSR count). The molecule has 1 saturated heterocycles. The van der Waals surface area contributed by atoms with Crippen molar-refractivity contribution in [3.05, 3.63) is 41.1 Å². The van der Waals surface area contributed by atoms with Crippen molar-refractivity contribution in [1.29, 1.82) is 5.26 Å². The van der Waals surface area contributed by atoms with Gasteiger partial charge in [-0.1, -0.05) is 17.7 Å². The Hall–Kier alpha value is -2.81. The maximum Gasteiger partial charge on any atom is 0.309 e. The van der Waals surface area contributed by atoms with Crippen LogP contribution in [-0.4, -0.2) is 36.5 Å². The maximum atomic E-state index is 12.6. The van der Waals surface area contributed by atoms with E-state index in [1.807, 2.05) is 38.1 Å². The normalized spacial score (nSPS) is 15.3. The zero-order valence-corrected chi connectivity index (χ0v) is 15.5. The van der Waals surface area contributed by atoms with Crippen molar-refractivity contribution < 1.29 is 14.3 Å². The van der Waals surface area contributed by atoms with Crippen LogP contribution in [0.25, 0.3) is 0 Å². The van der Waals surface area contributed by atoms with Gasteiger partial charge in [-0.3, -0.25) is 9.59 Å². The molecule has 1 aliphatic heterocycles. The number of aryl methyl sites for hydroxylation is 2. The number of nitrogens with zero attached hydrogens (tertiary/aromatic N) is 2. The van der Waals surface area contributed by atoms with Crippen LogP contribution >= 0.6 is 0 Å². The van der Waals surface area contributed by atoms with Gasteiger partial charge in [0.1, 0.15) is 11.6 Å². The summed E-state index contributed by atoms with van der Waals surface area (Å²) < 4.78 is 5.04. The minimum Gasteiger partial charge on any atom is -0.466 e. The Morgan fingerprint density at radius 1 is 1.35 bits per heavy atom. The van der Waals surface area contributed by atoms with Gasteiger partial charge in [0.15, 0.2) is 0 Å². The lowest BCUT2D eigenvalue weighted by atomic mass is 9.96. The Kier molecular flexibility index (Phi) is 6.79. The van der Waals surface area contributed by atoms with E-state index < -0.39 is 0 Å². The number of piperidine rings is 1. The van der Waals surface area contributed by atoms with E-state index in [1.165, 1.54) is 6.20 Å². The van der Waals surface area contributed by atoms with Crippen molar-refractivity contribution in [2.75, 3.05) is 25.0 Å². The smallest absolute Gasteiger partial charge is 0.309 e. The van der Waals surface area contributed by atoms with Crippen LogP contribution in [0.4, 0.5) is 5.69 Å². The molecule has 0 aromatic heterocycles. The molecule has 26 heavy (non-hydrogen) atoms. The van der Waals surface area contributed by atoms with E-state index in [1.54, 1.807) is 11.8 Å². The van der Waals surface area contributed by atoms with E-state index in [0.29, 0.717) is 32.5 Å². The summed E-state index contributed by atoms with van der Waals surface area (Å²) >= 11 is 0. The molecule has 0 saturated carbocycles. The molecule has 0 atom stereocenters. The van der Waals surface area contributed by atoms with Crippen molar-refractivity contribution in [2.45, 2.75) is 33.6 Å². The molecule has 0 unspecified atom stereocenters. The Bertz CT molecular complexity index is 741. The molecule has 6 nitrogen and oxygen atoms in total. The van der Waals surface area contributed by atoms with Crippen molar-refractivity contribution in [3.8, 4) is 6.07 Å². The topological polar surface area (TPSA) is 82.4 Å². The lowest BCUT2D eigenvalue weighted by molar-refractivity contribution is -0.150. The van der Waals surface area contributed by atoms with Gasteiger partial charge in [0.05, 0.1) is 12.5 Å². The molecule has 1 aromatic carbocycles. The fraction of sp³-hybridized carbons (Fsp3) is 0.450. The van der Waals surface area contributed by atoms with E-state index in [9.17, 15) is 14.9 Å². The molecule has 1 N–H and O–H groups in total. The molecule has 1 amide bonds. The van der Waals surface area contributed by atoms with E-state index in [4.69, 9.17) is 4.74 Å². The standard InChI is InChI=1S/C20H25N3O3/c1-4-26-20(25)16-7-9-23(10-8-16)19(24)17(12-21)13-22-18-6-5-14(2)11-15(18)3/h5-6,11,13,16,22H,4,7-10H2,1-3H3/b17-13-. The van der Waals surface area contributed by atoms with Gasteiger partial charge in [-0.15, -0.1) is 0 Å². The van der Waals surface area contributed by atoms with Gasteiger partial charge in [-0.25, -0.2) is 0 Å². The van der Waals surface area contributed by atoms with Crippen LogP contribution in [0.5, 0.6) is 0 Å². The second-order valence-electron chi connectivity index (χ2n) is 6.45. The van der Waals surface area contributed by atoms with E-state index in [0.717, 1.165) is 16.8 Å². The Morgan fingerprint density at radius 3 is 2.62 bits per heavy atom. The third-order valence-corrected chi connectivity index (χ3v) is 4.51. The van der Waals surface area contributed by atoms with Crippen LogP contribution in [0.2, 0.25) is 0 Å². The first-order chi connectivity index (χ1) is 12.5. The summed E-state index contributed by atoms with van der Waals surface area (Å²) in [6.07, 6.45) is 2.58. The van der Waals surface area contributed by atoms with Crippen LogP contribution < -0.4 is 5.32 Å². The summed E-state index contributed by atoms with van der Waals surface area (Å²) in [4.78, 5) is 26.0. The van der Waals surface area contributed by atoms with Crippen LogP contribution in [0.1, 0.15) is 30.9 Å². The number of esters is 1. The third-order valence-electron chi connectivity index (χ3n) is 4.51. The quantitative estimate of drug-likeness (QED) is 0.499. The summed E-state index contributed by atoms with van der Waals surface area (Å²) in [6.45, 7) is 7.02. The van der Waals surface area contributed by atoms with Gasteiger partial charge in [0.2, 0.25) is 0 Å². The second-order valence-corrected chi connectivity index (χ2v) is 6.45. The number of ether oxygens (including phenoxy) is 1. The van der Waals surface area contributed by atoms with Crippen LogP contribution in [-0.2, 0) is 14.3 Å². The predicted molar refractivity (Wildman–Crippen MR) is 99.2 cm³/mol. The van der Waals surface area contributed by atoms with E-state index in [-0.39, 0.29) is 23.4 Å². The number of hydrogen-bond acceptors (Lipinski definition) is 5. The first-order valence-electron chi connectivity index (χ1n) is 8.86. The highest BCUT2D eigenvalue weighted by Crippen LogP contribution is 2.21.